The summed E-state index contributed by atoms with van der Waals surface area (Å²) in [7, 11) is 0. The SMILES string of the molecule is Nc1cc2cn[nH]c2cc1-c1ccc(C(F)(F)F)cc1. The van der Waals surface area contributed by atoms with Gasteiger partial charge in [0.1, 0.15) is 0 Å². The van der Waals surface area contributed by atoms with E-state index in [0.29, 0.717) is 16.8 Å². The quantitative estimate of drug-likeness (QED) is 0.664. The predicted molar refractivity (Wildman–Crippen MR) is 70.9 cm³/mol. The van der Waals surface area contributed by atoms with E-state index in [4.69, 9.17) is 5.73 Å². The van der Waals surface area contributed by atoms with E-state index in [1.54, 1.807) is 18.3 Å². The number of H-pyrrole nitrogens is 1. The van der Waals surface area contributed by atoms with Gasteiger partial charge in [0.25, 0.3) is 0 Å². The zero-order valence-corrected chi connectivity index (χ0v) is 10.2. The Bertz CT molecular complexity index is 757. The van der Waals surface area contributed by atoms with Crippen LogP contribution in [-0.4, -0.2) is 10.2 Å². The number of alkyl halides is 3. The predicted octanol–water partition coefficient (Wildman–Crippen LogP) is 3.83. The molecular weight excluding hydrogens is 267 g/mol. The maximum atomic E-state index is 12.5. The van der Waals surface area contributed by atoms with Crippen molar-refractivity contribution in [1.82, 2.24) is 10.2 Å². The Labute approximate surface area is 112 Å². The summed E-state index contributed by atoms with van der Waals surface area (Å²) in [6.45, 7) is 0. The number of benzene rings is 2. The third-order valence-corrected chi connectivity index (χ3v) is 3.13. The van der Waals surface area contributed by atoms with Gasteiger partial charge in [0.05, 0.1) is 17.3 Å². The Morgan fingerprint density at radius 3 is 2.40 bits per heavy atom. The van der Waals surface area contributed by atoms with Gasteiger partial charge in [0.2, 0.25) is 0 Å². The van der Waals surface area contributed by atoms with E-state index in [2.05, 4.69) is 10.2 Å². The molecule has 3 rings (SSSR count). The van der Waals surface area contributed by atoms with Crippen LogP contribution in [0.4, 0.5) is 18.9 Å². The summed E-state index contributed by atoms with van der Waals surface area (Å²) in [6.07, 6.45) is -2.69. The van der Waals surface area contributed by atoms with Crippen molar-refractivity contribution in [3.05, 3.63) is 48.2 Å². The molecule has 6 heteroatoms. The summed E-state index contributed by atoms with van der Waals surface area (Å²) in [4.78, 5) is 0. The third kappa shape index (κ3) is 2.09. The topological polar surface area (TPSA) is 54.7 Å². The molecule has 3 aromatic rings. The number of fused-ring (bicyclic) bond motifs is 1. The van der Waals surface area contributed by atoms with Gasteiger partial charge in [-0.1, -0.05) is 12.1 Å². The van der Waals surface area contributed by atoms with Crippen molar-refractivity contribution in [3.8, 4) is 11.1 Å². The first kappa shape index (κ1) is 12.5. The highest BCUT2D eigenvalue weighted by Gasteiger charge is 2.30. The van der Waals surface area contributed by atoms with E-state index in [9.17, 15) is 13.2 Å². The second kappa shape index (κ2) is 4.26. The first-order valence-electron chi connectivity index (χ1n) is 5.85. The molecule has 0 unspecified atom stereocenters. The molecule has 0 amide bonds. The van der Waals surface area contributed by atoms with E-state index < -0.39 is 11.7 Å². The van der Waals surface area contributed by atoms with Gasteiger partial charge in [0.15, 0.2) is 0 Å². The number of nitrogens with two attached hydrogens (primary N) is 1. The van der Waals surface area contributed by atoms with E-state index in [0.717, 1.165) is 23.0 Å². The lowest BCUT2D eigenvalue weighted by Gasteiger charge is -2.09. The van der Waals surface area contributed by atoms with Crippen LogP contribution in [0.15, 0.2) is 42.6 Å². The number of nitrogen functional groups attached to an aromatic ring is 1. The van der Waals surface area contributed by atoms with Crippen LogP contribution in [-0.2, 0) is 6.18 Å². The van der Waals surface area contributed by atoms with Gasteiger partial charge in [0, 0.05) is 16.6 Å². The third-order valence-electron chi connectivity index (χ3n) is 3.13. The molecule has 0 aliphatic heterocycles. The van der Waals surface area contributed by atoms with E-state index in [1.165, 1.54) is 12.1 Å². The second-order valence-corrected chi connectivity index (χ2v) is 4.47. The zero-order chi connectivity index (χ0) is 14.3. The normalized spacial score (nSPS) is 11.9. The second-order valence-electron chi connectivity index (χ2n) is 4.47. The van der Waals surface area contributed by atoms with Crippen LogP contribution in [0.2, 0.25) is 0 Å². The lowest BCUT2D eigenvalue weighted by molar-refractivity contribution is -0.137. The van der Waals surface area contributed by atoms with Crippen LogP contribution in [0.5, 0.6) is 0 Å². The van der Waals surface area contributed by atoms with Crippen LogP contribution >= 0.6 is 0 Å². The molecule has 20 heavy (non-hydrogen) atoms. The monoisotopic (exact) mass is 277 g/mol. The van der Waals surface area contributed by atoms with Gasteiger partial charge in [-0.05, 0) is 29.8 Å². The Morgan fingerprint density at radius 1 is 1.05 bits per heavy atom. The molecular formula is C14H10F3N3. The minimum atomic E-state index is -4.34. The number of halogens is 3. The summed E-state index contributed by atoms with van der Waals surface area (Å²) in [5, 5.41) is 7.56. The fourth-order valence-electron chi connectivity index (χ4n) is 2.10. The van der Waals surface area contributed by atoms with Crippen LogP contribution in [0.3, 0.4) is 0 Å². The van der Waals surface area contributed by atoms with E-state index in [-0.39, 0.29) is 0 Å². The van der Waals surface area contributed by atoms with E-state index in [1.807, 2.05) is 0 Å². The molecule has 1 aromatic heterocycles. The van der Waals surface area contributed by atoms with Gasteiger partial charge in [-0.15, -0.1) is 0 Å². The van der Waals surface area contributed by atoms with Crippen molar-refractivity contribution < 1.29 is 13.2 Å². The molecule has 0 saturated heterocycles. The molecule has 0 aliphatic rings. The molecule has 1 heterocycles. The maximum Gasteiger partial charge on any atom is 0.416 e. The van der Waals surface area contributed by atoms with Gasteiger partial charge in [-0.3, -0.25) is 5.10 Å². The van der Waals surface area contributed by atoms with Crippen molar-refractivity contribution in [2.24, 2.45) is 0 Å². The molecule has 2 aromatic carbocycles. The number of aromatic nitrogens is 2. The van der Waals surface area contributed by atoms with Crippen LogP contribution < -0.4 is 5.73 Å². The zero-order valence-electron chi connectivity index (χ0n) is 10.2. The van der Waals surface area contributed by atoms with Crippen LogP contribution in [0, 0.1) is 0 Å². The average Bonchev–Trinajstić information content (AvgIpc) is 2.84. The molecule has 0 aliphatic carbocycles. The van der Waals surface area contributed by atoms with Crippen LogP contribution in [0.1, 0.15) is 5.56 Å². The lowest BCUT2D eigenvalue weighted by Crippen LogP contribution is -2.04. The fourth-order valence-corrected chi connectivity index (χ4v) is 2.10. The van der Waals surface area contributed by atoms with Crippen molar-refractivity contribution in [1.29, 1.82) is 0 Å². The van der Waals surface area contributed by atoms with Crippen molar-refractivity contribution >= 4 is 16.6 Å². The number of rotatable bonds is 1. The van der Waals surface area contributed by atoms with Gasteiger partial charge in [-0.25, -0.2) is 0 Å². The Morgan fingerprint density at radius 2 is 1.75 bits per heavy atom. The van der Waals surface area contributed by atoms with Crippen molar-refractivity contribution in [3.63, 3.8) is 0 Å². The molecule has 0 bridgehead atoms. The molecule has 0 fully saturated rings. The van der Waals surface area contributed by atoms with Crippen molar-refractivity contribution in [2.75, 3.05) is 5.73 Å². The number of hydrogen-bond donors (Lipinski definition) is 2. The molecule has 0 atom stereocenters. The standard InChI is InChI=1S/C14H10F3N3/c15-14(16,17)10-3-1-8(2-4-10)11-6-13-9(5-12(11)18)7-19-20-13/h1-7H,18H2,(H,19,20). The molecule has 0 saturated carbocycles. The highest BCUT2D eigenvalue weighted by Crippen LogP contribution is 2.33. The number of anilines is 1. The molecule has 3 N–H and O–H groups in total. The highest BCUT2D eigenvalue weighted by atomic mass is 19.4. The maximum absolute atomic E-state index is 12.5. The first-order valence-corrected chi connectivity index (χ1v) is 5.85. The first-order chi connectivity index (χ1) is 9.45. The highest BCUT2D eigenvalue weighted by molar-refractivity contribution is 5.91. The summed E-state index contributed by atoms with van der Waals surface area (Å²) >= 11 is 0. The minimum Gasteiger partial charge on any atom is -0.398 e. The number of hydrogen-bond acceptors (Lipinski definition) is 2. The molecule has 0 radical (unpaired) electrons. The number of nitrogens with one attached hydrogen (secondary N) is 1. The van der Waals surface area contributed by atoms with Gasteiger partial charge < -0.3 is 5.73 Å². The Balaban J connectivity index is 2.08. The summed E-state index contributed by atoms with van der Waals surface area (Å²) < 4.78 is 37.6. The lowest BCUT2D eigenvalue weighted by atomic mass is 10.0. The Kier molecular flexibility index (Phi) is 2.67. The van der Waals surface area contributed by atoms with E-state index >= 15 is 0 Å². The number of nitrogens with zero attached hydrogens (tertiary/aromatic N) is 1. The van der Waals surface area contributed by atoms with Crippen LogP contribution in [0.25, 0.3) is 22.0 Å². The van der Waals surface area contributed by atoms with Gasteiger partial charge >= 0.3 is 6.18 Å². The summed E-state index contributed by atoms with van der Waals surface area (Å²) in [6, 6.07) is 8.44. The summed E-state index contributed by atoms with van der Waals surface area (Å²) in [5.41, 5.74) is 7.85. The van der Waals surface area contributed by atoms with Crippen molar-refractivity contribution in [2.45, 2.75) is 6.18 Å². The fraction of sp³-hybridized carbons (Fsp3) is 0.0714. The smallest absolute Gasteiger partial charge is 0.398 e. The summed E-state index contributed by atoms with van der Waals surface area (Å²) in [5.74, 6) is 0. The average molecular weight is 277 g/mol. The van der Waals surface area contributed by atoms with Gasteiger partial charge in [-0.2, -0.15) is 18.3 Å². The molecule has 3 nitrogen and oxygen atoms in total. The molecule has 102 valence electrons. The number of aromatic amines is 1. The minimum absolute atomic E-state index is 0.499. The molecule has 0 spiro atoms. The Hall–Kier alpha value is -2.50. The largest absolute Gasteiger partial charge is 0.416 e.